The largest absolute Gasteiger partial charge is 0.377 e. The second-order valence-corrected chi connectivity index (χ2v) is 7.05. The quantitative estimate of drug-likeness (QED) is 0.616. The van der Waals surface area contributed by atoms with Crippen molar-refractivity contribution in [3.05, 3.63) is 0 Å². The fourth-order valence-corrected chi connectivity index (χ4v) is 4.01. The Bertz CT molecular complexity index is 251. The molecule has 1 saturated heterocycles. The van der Waals surface area contributed by atoms with E-state index >= 15 is 0 Å². The van der Waals surface area contributed by atoms with E-state index in [4.69, 9.17) is 9.47 Å². The van der Waals surface area contributed by atoms with Crippen molar-refractivity contribution in [2.24, 2.45) is 5.41 Å². The molecule has 2 fully saturated rings. The van der Waals surface area contributed by atoms with E-state index in [9.17, 15) is 0 Å². The Morgan fingerprint density at radius 1 is 1.05 bits per heavy atom. The molecule has 2 unspecified atom stereocenters. The summed E-state index contributed by atoms with van der Waals surface area (Å²) in [5, 5.41) is 0. The summed E-state index contributed by atoms with van der Waals surface area (Å²) in [6, 6.07) is 0. The molecule has 0 spiro atoms. The van der Waals surface area contributed by atoms with Gasteiger partial charge in [0.2, 0.25) is 0 Å². The molecule has 1 saturated carbocycles. The Hall–Kier alpha value is 0.270. The average molecular weight is 286 g/mol. The number of ether oxygens (including phenoxy) is 2. The van der Waals surface area contributed by atoms with Crippen molar-refractivity contribution >= 4 is 12.6 Å². The van der Waals surface area contributed by atoms with Crippen LogP contribution in [0, 0.1) is 5.41 Å². The second-order valence-electron chi connectivity index (χ2n) is 6.73. The van der Waals surface area contributed by atoms with Crippen molar-refractivity contribution in [3.63, 3.8) is 0 Å². The Morgan fingerprint density at radius 2 is 1.63 bits per heavy atom. The van der Waals surface area contributed by atoms with Gasteiger partial charge in [-0.2, -0.15) is 12.6 Å². The van der Waals surface area contributed by atoms with E-state index in [-0.39, 0.29) is 0 Å². The van der Waals surface area contributed by atoms with Gasteiger partial charge in [0.25, 0.3) is 0 Å². The van der Waals surface area contributed by atoms with Crippen molar-refractivity contribution in [2.75, 3.05) is 12.4 Å². The van der Waals surface area contributed by atoms with Crippen LogP contribution >= 0.6 is 12.6 Å². The summed E-state index contributed by atoms with van der Waals surface area (Å²) in [6.07, 6.45) is 11.2. The van der Waals surface area contributed by atoms with Crippen LogP contribution in [0.1, 0.15) is 65.2 Å². The van der Waals surface area contributed by atoms with E-state index in [1.807, 2.05) is 0 Å². The second kappa shape index (κ2) is 7.33. The molecule has 0 bridgehead atoms. The van der Waals surface area contributed by atoms with E-state index in [1.54, 1.807) is 0 Å². The number of thiol groups is 1. The van der Waals surface area contributed by atoms with Gasteiger partial charge in [-0.1, -0.05) is 25.7 Å². The topological polar surface area (TPSA) is 18.5 Å². The number of hydrogen-bond donors (Lipinski definition) is 1. The van der Waals surface area contributed by atoms with E-state index in [0.717, 1.165) is 25.2 Å². The lowest BCUT2D eigenvalue weighted by Crippen LogP contribution is -2.37. The van der Waals surface area contributed by atoms with Crippen molar-refractivity contribution in [1.82, 2.24) is 0 Å². The summed E-state index contributed by atoms with van der Waals surface area (Å²) in [5.74, 6) is 0.974. The lowest BCUT2D eigenvalue weighted by Gasteiger charge is -2.36. The first-order valence-electron chi connectivity index (χ1n) is 8.01. The molecular formula is C16H30O2S. The fraction of sp³-hybridized carbons (Fsp3) is 1.00. The Labute approximate surface area is 124 Å². The SMILES string of the molecule is CC1CC(OCC2(CS)CCCCCC2)CC(C)O1. The van der Waals surface area contributed by atoms with Gasteiger partial charge >= 0.3 is 0 Å². The third kappa shape index (κ3) is 4.64. The van der Waals surface area contributed by atoms with Gasteiger partial charge in [-0.25, -0.2) is 0 Å². The molecule has 1 aliphatic heterocycles. The molecule has 0 radical (unpaired) electrons. The molecule has 2 aliphatic rings. The predicted octanol–water partition coefficient (Wildman–Crippen LogP) is 4.23. The smallest absolute Gasteiger partial charge is 0.0624 e. The minimum Gasteiger partial charge on any atom is -0.377 e. The van der Waals surface area contributed by atoms with Crippen molar-refractivity contribution in [2.45, 2.75) is 83.5 Å². The van der Waals surface area contributed by atoms with E-state index in [0.29, 0.717) is 23.7 Å². The standard InChI is InChI=1S/C16H30O2S/c1-13-9-15(10-14(2)18-13)17-11-16(12-19)7-5-3-4-6-8-16/h13-15,19H,3-12H2,1-2H3. The van der Waals surface area contributed by atoms with E-state index in [1.165, 1.54) is 38.5 Å². The van der Waals surface area contributed by atoms with Crippen molar-refractivity contribution in [1.29, 1.82) is 0 Å². The molecule has 0 aromatic rings. The van der Waals surface area contributed by atoms with Gasteiger partial charge in [-0.15, -0.1) is 0 Å². The van der Waals surface area contributed by atoms with Crippen LogP contribution in [0.2, 0.25) is 0 Å². The molecule has 19 heavy (non-hydrogen) atoms. The molecule has 0 aromatic carbocycles. The van der Waals surface area contributed by atoms with Gasteiger partial charge in [0.1, 0.15) is 0 Å². The highest BCUT2D eigenvalue weighted by Gasteiger charge is 2.32. The van der Waals surface area contributed by atoms with Gasteiger partial charge in [0.15, 0.2) is 0 Å². The minimum atomic E-state index is 0.338. The van der Waals surface area contributed by atoms with Crippen LogP contribution in [0.4, 0.5) is 0 Å². The lowest BCUT2D eigenvalue weighted by molar-refractivity contribution is -0.115. The average Bonchev–Trinajstić information content (AvgIpc) is 2.61. The zero-order chi connectivity index (χ0) is 13.7. The first-order valence-corrected chi connectivity index (χ1v) is 8.65. The molecule has 0 amide bonds. The van der Waals surface area contributed by atoms with Gasteiger partial charge in [0, 0.05) is 5.41 Å². The molecule has 2 rings (SSSR count). The third-order valence-electron chi connectivity index (χ3n) is 4.78. The van der Waals surface area contributed by atoms with Gasteiger partial charge in [0.05, 0.1) is 24.9 Å². The monoisotopic (exact) mass is 286 g/mol. The Balaban J connectivity index is 1.84. The first-order chi connectivity index (χ1) is 9.13. The Kier molecular flexibility index (Phi) is 6.04. The van der Waals surface area contributed by atoms with Crippen LogP contribution in [-0.4, -0.2) is 30.7 Å². The number of rotatable bonds is 4. The van der Waals surface area contributed by atoms with E-state index in [2.05, 4.69) is 26.5 Å². The first kappa shape index (κ1) is 15.7. The zero-order valence-electron chi connectivity index (χ0n) is 12.6. The molecule has 1 heterocycles. The lowest BCUT2D eigenvalue weighted by atomic mass is 9.83. The predicted molar refractivity (Wildman–Crippen MR) is 83.0 cm³/mol. The molecule has 1 aliphatic carbocycles. The summed E-state index contributed by atoms with van der Waals surface area (Å²) in [4.78, 5) is 0. The van der Waals surface area contributed by atoms with Crippen molar-refractivity contribution < 1.29 is 9.47 Å². The van der Waals surface area contributed by atoms with Crippen LogP contribution in [0.15, 0.2) is 0 Å². The molecular weight excluding hydrogens is 256 g/mol. The Morgan fingerprint density at radius 3 is 2.16 bits per heavy atom. The number of hydrogen-bond acceptors (Lipinski definition) is 3. The minimum absolute atomic E-state index is 0.338. The molecule has 3 heteroatoms. The molecule has 2 nitrogen and oxygen atoms in total. The van der Waals surface area contributed by atoms with Crippen LogP contribution < -0.4 is 0 Å². The maximum atomic E-state index is 6.28. The van der Waals surface area contributed by atoms with Gasteiger partial charge < -0.3 is 9.47 Å². The van der Waals surface area contributed by atoms with Crippen LogP contribution in [0.25, 0.3) is 0 Å². The highest BCUT2D eigenvalue weighted by molar-refractivity contribution is 7.80. The summed E-state index contributed by atoms with van der Waals surface area (Å²) < 4.78 is 12.1. The summed E-state index contributed by atoms with van der Waals surface area (Å²) >= 11 is 4.63. The molecule has 112 valence electrons. The van der Waals surface area contributed by atoms with Gasteiger partial charge in [-0.05, 0) is 45.3 Å². The fourth-order valence-electron chi connectivity index (χ4n) is 3.60. The van der Waals surface area contributed by atoms with E-state index < -0.39 is 0 Å². The maximum Gasteiger partial charge on any atom is 0.0624 e. The normalized spacial score (nSPS) is 35.8. The third-order valence-corrected chi connectivity index (χ3v) is 5.45. The molecule has 0 aromatic heterocycles. The maximum absolute atomic E-state index is 6.28. The molecule has 2 atom stereocenters. The summed E-state index contributed by atoms with van der Waals surface area (Å²) in [7, 11) is 0. The van der Waals surface area contributed by atoms with Crippen molar-refractivity contribution in [3.8, 4) is 0 Å². The van der Waals surface area contributed by atoms with Crippen LogP contribution in [-0.2, 0) is 9.47 Å². The van der Waals surface area contributed by atoms with Gasteiger partial charge in [-0.3, -0.25) is 0 Å². The van der Waals surface area contributed by atoms with Crippen LogP contribution in [0.5, 0.6) is 0 Å². The summed E-state index contributed by atoms with van der Waals surface area (Å²) in [5.41, 5.74) is 0.338. The highest BCUT2D eigenvalue weighted by Crippen LogP contribution is 2.37. The van der Waals surface area contributed by atoms with Crippen LogP contribution in [0.3, 0.4) is 0 Å². The molecule has 0 N–H and O–H groups in total. The zero-order valence-corrected chi connectivity index (χ0v) is 13.5. The summed E-state index contributed by atoms with van der Waals surface area (Å²) in [6.45, 7) is 5.22. The highest BCUT2D eigenvalue weighted by atomic mass is 32.1.